The monoisotopic (exact) mass is 299 g/mol. The van der Waals surface area contributed by atoms with Crippen LogP contribution in [-0.2, 0) is 6.54 Å². The third-order valence-corrected chi connectivity index (χ3v) is 3.36. The van der Waals surface area contributed by atoms with Crippen LogP contribution in [0.15, 0.2) is 22.7 Å². The number of unbranched alkanes of at least 4 members (excludes halogenated alkanes) is 4. The average Bonchev–Trinajstić information content (AvgIpc) is 2.35. The van der Waals surface area contributed by atoms with E-state index in [0.29, 0.717) is 6.54 Å². The van der Waals surface area contributed by atoms with Crippen LogP contribution in [0.3, 0.4) is 0 Å². The summed E-state index contributed by atoms with van der Waals surface area (Å²) in [6, 6.07) is 6.02. The second-order valence-electron chi connectivity index (χ2n) is 4.23. The van der Waals surface area contributed by atoms with Crippen molar-refractivity contribution in [3.05, 3.63) is 28.2 Å². The van der Waals surface area contributed by atoms with Gasteiger partial charge in [0.1, 0.15) is 5.75 Å². The molecule has 0 atom stereocenters. The van der Waals surface area contributed by atoms with Gasteiger partial charge in [0, 0.05) is 6.54 Å². The molecule has 3 heteroatoms. The zero-order chi connectivity index (χ0) is 12.5. The molecular weight excluding hydrogens is 278 g/mol. The molecule has 17 heavy (non-hydrogen) atoms. The fraction of sp³-hybridized carbons (Fsp3) is 0.571. The molecule has 2 N–H and O–H groups in total. The minimum Gasteiger partial charge on any atom is -0.492 e. The Balaban J connectivity index is 2.27. The second-order valence-corrected chi connectivity index (χ2v) is 5.09. The topological polar surface area (TPSA) is 35.2 Å². The van der Waals surface area contributed by atoms with Gasteiger partial charge in [0.05, 0.1) is 11.1 Å². The van der Waals surface area contributed by atoms with Gasteiger partial charge in [-0.05, 0) is 40.0 Å². The van der Waals surface area contributed by atoms with Gasteiger partial charge >= 0.3 is 0 Å². The van der Waals surface area contributed by atoms with Gasteiger partial charge in [0.15, 0.2) is 0 Å². The summed E-state index contributed by atoms with van der Waals surface area (Å²) in [5, 5.41) is 0. The van der Waals surface area contributed by atoms with Crippen LogP contribution in [-0.4, -0.2) is 6.61 Å². The first kappa shape index (κ1) is 14.5. The highest BCUT2D eigenvalue weighted by atomic mass is 79.9. The molecule has 0 unspecified atom stereocenters. The van der Waals surface area contributed by atoms with E-state index in [9.17, 15) is 0 Å². The average molecular weight is 300 g/mol. The van der Waals surface area contributed by atoms with Crippen molar-refractivity contribution in [3.8, 4) is 5.75 Å². The van der Waals surface area contributed by atoms with Crippen molar-refractivity contribution >= 4 is 15.9 Å². The molecule has 0 bridgehead atoms. The van der Waals surface area contributed by atoms with Crippen molar-refractivity contribution in [2.75, 3.05) is 6.61 Å². The lowest BCUT2D eigenvalue weighted by Gasteiger charge is -2.09. The van der Waals surface area contributed by atoms with Gasteiger partial charge < -0.3 is 10.5 Å². The van der Waals surface area contributed by atoms with Gasteiger partial charge in [-0.1, -0.05) is 38.7 Å². The lowest BCUT2D eigenvalue weighted by atomic mass is 10.2. The highest BCUT2D eigenvalue weighted by Gasteiger charge is 2.01. The number of benzene rings is 1. The molecule has 96 valence electrons. The minimum atomic E-state index is 0.565. The van der Waals surface area contributed by atoms with Gasteiger partial charge in [-0.3, -0.25) is 0 Å². The molecule has 0 aliphatic carbocycles. The fourth-order valence-electron chi connectivity index (χ4n) is 1.68. The first-order valence-electron chi connectivity index (χ1n) is 6.39. The zero-order valence-corrected chi connectivity index (χ0v) is 12.1. The first-order chi connectivity index (χ1) is 8.27. The first-order valence-corrected chi connectivity index (χ1v) is 7.18. The van der Waals surface area contributed by atoms with E-state index in [1.165, 1.54) is 25.7 Å². The smallest absolute Gasteiger partial charge is 0.133 e. The van der Waals surface area contributed by atoms with Crippen LogP contribution in [0.2, 0.25) is 0 Å². The number of nitrogens with two attached hydrogens (primary N) is 1. The summed E-state index contributed by atoms with van der Waals surface area (Å²) < 4.78 is 6.72. The molecule has 0 amide bonds. The predicted molar refractivity (Wildman–Crippen MR) is 76.3 cm³/mol. The van der Waals surface area contributed by atoms with Crippen molar-refractivity contribution in [1.29, 1.82) is 0 Å². The summed E-state index contributed by atoms with van der Waals surface area (Å²) in [5.41, 5.74) is 6.69. The molecule has 2 nitrogen and oxygen atoms in total. The summed E-state index contributed by atoms with van der Waals surface area (Å²) in [6.07, 6.45) is 6.31. The minimum absolute atomic E-state index is 0.565. The molecule has 0 aliphatic rings. The molecule has 0 aliphatic heterocycles. The Morgan fingerprint density at radius 2 is 1.94 bits per heavy atom. The van der Waals surface area contributed by atoms with Gasteiger partial charge in [0.2, 0.25) is 0 Å². The van der Waals surface area contributed by atoms with Crippen LogP contribution >= 0.6 is 15.9 Å². The number of hydrogen-bond acceptors (Lipinski definition) is 2. The second kappa shape index (κ2) is 8.54. The molecule has 1 aromatic rings. The Labute approximate surface area is 113 Å². The van der Waals surface area contributed by atoms with E-state index >= 15 is 0 Å². The zero-order valence-electron chi connectivity index (χ0n) is 10.5. The highest BCUT2D eigenvalue weighted by molar-refractivity contribution is 9.10. The highest BCUT2D eigenvalue weighted by Crippen LogP contribution is 2.26. The molecule has 1 rings (SSSR count). The summed E-state index contributed by atoms with van der Waals surface area (Å²) >= 11 is 3.50. The number of rotatable bonds is 8. The van der Waals surface area contributed by atoms with Crippen molar-refractivity contribution in [2.45, 2.75) is 45.6 Å². The molecule has 0 fully saturated rings. The van der Waals surface area contributed by atoms with Crippen LogP contribution in [0.1, 0.15) is 44.6 Å². The fourth-order valence-corrected chi connectivity index (χ4v) is 2.22. The van der Waals surface area contributed by atoms with Crippen LogP contribution < -0.4 is 10.5 Å². The van der Waals surface area contributed by atoms with E-state index in [-0.39, 0.29) is 0 Å². The largest absolute Gasteiger partial charge is 0.492 e. The Kier molecular flexibility index (Phi) is 7.29. The maximum atomic E-state index is 5.73. The van der Waals surface area contributed by atoms with E-state index < -0.39 is 0 Å². The lowest BCUT2D eigenvalue weighted by molar-refractivity contribution is 0.302. The molecule has 0 spiro atoms. The van der Waals surface area contributed by atoms with E-state index in [4.69, 9.17) is 10.5 Å². The molecule has 0 radical (unpaired) electrons. The Morgan fingerprint density at radius 1 is 1.18 bits per heavy atom. The molecule has 0 aromatic heterocycles. The van der Waals surface area contributed by atoms with Crippen molar-refractivity contribution in [2.24, 2.45) is 5.73 Å². The summed E-state index contributed by atoms with van der Waals surface area (Å²) in [7, 11) is 0. The molecule has 1 aromatic carbocycles. The summed E-state index contributed by atoms with van der Waals surface area (Å²) in [5.74, 6) is 0.915. The van der Waals surface area contributed by atoms with E-state index in [0.717, 1.165) is 28.8 Å². The maximum Gasteiger partial charge on any atom is 0.133 e. The van der Waals surface area contributed by atoms with E-state index in [1.54, 1.807) is 0 Å². The summed E-state index contributed by atoms with van der Waals surface area (Å²) in [4.78, 5) is 0. The Hall–Kier alpha value is -0.540. The number of ether oxygens (including phenoxy) is 1. The van der Waals surface area contributed by atoms with Crippen LogP contribution in [0.25, 0.3) is 0 Å². The van der Waals surface area contributed by atoms with Gasteiger partial charge in [-0.25, -0.2) is 0 Å². The van der Waals surface area contributed by atoms with E-state index in [1.807, 2.05) is 18.2 Å². The lowest BCUT2D eigenvalue weighted by Crippen LogP contribution is -2.00. The van der Waals surface area contributed by atoms with Crippen LogP contribution in [0.5, 0.6) is 5.75 Å². The van der Waals surface area contributed by atoms with Crippen molar-refractivity contribution < 1.29 is 4.74 Å². The van der Waals surface area contributed by atoms with Gasteiger partial charge in [-0.15, -0.1) is 0 Å². The van der Waals surface area contributed by atoms with Crippen LogP contribution in [0.4, 0.5) is 0 Å². The van der Waals surface area contributed by atoms with Crippen LogP contribution in [0, 0.1) is 0 Å². The summed E-state index contributed by atoms with van der Waals surface area (Å²) in [6.45, 7) is 3.59. The number of hydrogen-bond donors (Lipinski definition) is 1. The number of halogens is 1. The van der Waals surface area contributed by atoms with Crippen molar-refractivity contribution in [1.82, 2.24) is 0 Å². The predicted octanol–water partition coefficient (Wildman–Crippen LogP) is 4.26. The van der Waals surface area contributed by atoms with E-state index in [2.05, 4.69) is 22.9 Å². The van der Waals surface area contributed by atoms with Gasteiger partial charge in [0.25, 0.3) is 0 Å². The molecular formula is C14H22BrNO. The Bertz CT molecular complexity index is 328. The quantitative estimate of drug-likeness (QED) is 0.728. The Morgan fingerprint density at radius 3 is 2.59 bits per heavy atom. The van der Waals surface area contributed by atoms with Gasteiger partial charge in [-0.2, -0.15) is 0 Å². The SMILES string of the molecule is CCCCCCCOc1ccc(CN)cc1Br. The molecule has 0 saturated heterocycles. The standard InChI is InChI=1S/C14H22BrNO/c1-2-3-4-5-6-9-17-14-8-7-12(11-16)10-13(14)15/h7-8,10H,2-6,9,11,16H2,1H3. The third-order valence-electron chi connectivity index (χ3n) is 2.74. The van der Waals surface area contributed by atoms with Crippen molar-refractivity contribution in [3.63, 3.8) is 0 Å². The normalized spacial score (nSPS) is 10.5. The maximum absolute atomic E-state index is 5.73. The molecule has 0 saturated carbocycles. The third kappa shape index (κ3) is 5.55. The molecule has 0 heterocycles.